The highest BCUT2D eigenvalue weighted by atomic mass is 32.2. The summed E-state index contributed by atoms with van der Waals surface area (Å²) < 4.78 is 46.7. The number of nitrogens with zero attached hydrogens (tertiary/aromatic N) is 2. The molecule has 5 rings (SSSR count). The van der Waals surface area contributed by atoms with Crippen LogP contribution in [0.3, 0.4) is 0 Å². The summed E-state index contributed by atoms with van der Waals surface area (Å²) in [6, 6.07) is 3.34. The van der Waals surface area contributed by atoms with E-state index in [2.05, 4.69) is 28.5 Å². The van der Waals surface area contributed by atoms with Gasteiger partial charge in [-0.25, -0.2) is 17.6 Å². The van der Waals surface area contributed by atoms with Crippen LogP contribution in [0, 0.1) is 11.7 Å². The molecule has 3 fully saturated rings. The molecule has 4 aliphatic rings. The third-order valence-electron chi connectivity index (χ3n) is 8.19. The molecule has 3 N–H and O–H groups in total. The van der Waals surface area contributed by atoms with Gasteiger partial charge in [0.2, 0.25) is 27.7 Å². The van der Waals surface area contributed by atoms with Crippen molar-refractivity contribution in [3.05, 3.63) is 60.5 Å². The summed E-state index contributed by atoms with van der Waals surface area (Å²) in [6.07, 6.45) is 1.56. The average Bonchev–Trinajstić information content (AvgIpc) is 3.86. The van der Waals surface area contributed by atoms with E-state index in [4.69, 9.17) is 4.74 Å². The van der Waals surface area contributed by atoms with Crippen molar-refractivity contribution in [2.24, 2.45) is 5.92 Å². The van der Waals surface area contributed by atoms with E-state index in [1.54, 1.807) is 12.1 Å². The van der Waals surface area contributed by atoms with Crippen LogP contribution in [0.15, 0.2) is 43.5 Å². The number of carbonyl (C=O) groups excluding carboxylic acids is 5. The molecule has 2 saturated carbocycles. The van der Waals surface area contributed by atoms with E-state index in [0.717, 1.165) is 11.0 Å². The number of hydrogen-bond acceptors (Lipinski definition) is 8. The lowest BCUT2D eigenvalue weighted by molar-refractivity contribution is -0.139. The number of likely N-dealkylation sites (tertiary alicyclic amines) is 1. The maximum atomic E-state index is 14.2. The smallest absolute Gasteiger partial charge is 0.410 e. The van der Waals surface area contributed by atoms with E-state index >= 15 is 0 Å². The summed E-state index contributed by atoms with van der Waals surface area (Å²) in [6.45, 7) is 6.45. The number of rotatable bonds is 10. The number of carbonyl (C=O) groups is 5. The Kier molecular flexibility index (Phi) is 8.03. The number of ether oxygens (including phenoxy) is 1. The predicted molar refractivity (Wildman–Crippen MR) is 149 cm³/mol. The monoisotopic (exact) mass is 617 g/mol. The Bertz CT molecular complexity index is 1510. The van der Waals surface area contributed by atoms with Gasteiger partial charge in [0.25, 0.3) is 5.91 Å². The van der Waals surface area contributed by atoms with Crippen LogP contribution in [-0.4, -0.2) is 84.0 Å². The van der Waals surface area contributed by atoms with Gasteiger partial charge < -0.3 is 20.3 Å². The molecule has 0 aromatic heterocycles. The first kappa shape index (κ1) is 30.2. The van der Waals surface area contributed by atoms with E-state index in [0.29, 0.717) is 24.0 Å². The fourth-order valence-electron chi connectivity index (χ4n) is 5.49. The van der Waals surface area contributed by atoms with Gasteiger partial charge in [0.1, 0.15) is 23.5 Å². The molecule has 2 aliphatic heterocycles. The first-order valence-corrected chi connectivity index (χ1v) is 15.4. The van der Waals surface area contributed by atoms with Crippen molar-refractivity contribution in [1.29, 1.82) is 0 Å². The molecule has 230 valence electrons. The van der Waals surface area contributed by atoms with Crippen LogP contribution in [0.25, 0.3) is 0 Å². The summed E-state index contributed by atoms with van der Waals surface area (Å²) in [5, 5.41) is 4.31. The number of hydrogen-bond donors (Lipinski definition) is 3. The zero-order valence-electron chi connectivity index (χ0n) is 23.2. The Morgan fingerprint density at radius 2 is 1.88 bits per heavy atom. The largest absolute Gasteiger partial charge is 0.444 e. The van der Waals surface area contributed by atoms with Crippen molar-refractivity contribution in [3.8, 4) is 0 Å². The van der Waals surface area contributed by atoms with E-state index in [1.165, 1.54) is 17.0 Å². The van der Waals surface area contributed by atoms with Crippen molar-refractivity contribution in [2.45, 2.75) is 61.7 Å². The van der Waals surface area contributed by atoms with Crippen LogP contribution in [0.1, 0.15) is 36.8 Å². The van der Waals surface area contributed by atoms with E-state index < -0.39 is 81.0 Å². The Labute approximate surface area is 247 Å². The van der Waals surface area contributed by atoms with Crippen LogP contribution in [-0.2, 0) is 47.0 Å². The van der Waals surface area contributed by atoms with Crippen LogP contribution in [0.4, 0.5) is 9.18 Å². The normalized spacial score (nSPS) is 25.7. The van der Waals surface area contributed by atoms with Crippen molar-refractivity contribution in [1.82, 2.24) is 25.2 Å². The molecule has 13 nitrogen and oxygen atoms in total. The highest BCUT2D eigenvalue weighted by molar-refractivity contribution is 7.91. The average molecular weight is 618 g/mol. The van der Waals surface area contributed by atoms with Gasteiger partial charge in [-0.15, -0.1) is 6.58 Å². The minimum atomic E-state index is -3.89. The van der Waals surface area contributed by atoms with Gasteiger partial charge in [-0.1, -0.05) is 24.8 Å². The van der Waals surface area contributed by atoms with Gasteiger partial charge >= 0.3 is 6.09 Å². The fraction of sp³-hybridized carbons (Fsp3) is 0.464. The summed E-state index contributed by atoms with van der Waals surface area (Å²) in [5.41, 5.74) is -0.553. The van der Waals surface area contributed by atoms with E-state index in [1.807, 2.05) is 0 Å². The summed E-state index contributed by atoms with van der Waals surface area (Å²) in [7, 11) is -3.89. The van der Waals surface area contributed by atoms with Crippen LogP contribution in [0.5, 0.6) is 0 Å². The number of amides is 5. The molecule has 0 radical (unpaired) electrons. The molecular weight excluding hydrogens is 585 g/mol. The van der Waals surface area contributed by atoms with Crippen molar-refractivity contribution < 1.29 is 41.5 Å². The minimum Gasteiger partial charge on any atom is -0.444 e. The topological polar surface area (TPSA) is 171 Å². The number of fused-ring (bicyclic) bond motifs is 1. The molecular formula is C28H32FN5O8S. The second-order valence-corrected chi connectivity index (χ2v) is 13.1. The summed E-state index contributed by atoms with van der Waals surface area (Å²) in [4.78, 5) is 66.8. The van der Waals surface area contributed by atoms with Crippen LogP contribution in [0.2, 0.25) is 0 Å². The molecule has 1 saturated heterocycles. The lowest BCUT2D eigenvalue weighted by Crippen LogP contribution is -2.57. The van der Waals surface area contributed by atoms with Gasteiger partial charge in [0, 0.05) is 24.4 Å². The maximum Gasteiger partial charge on any atom is 0.410 e. The second kappa shape index (κ2) is 11.4. The summed E-state index contributed by atoms with van der Waals surface area (Å²) >= 11 is 0. The molecule has 0 spiro atoms. The fourth-order valence-corrected chi connectivity index (χ4v) is 6.85. The summed E-state index contributed by atoms with van der Waals surface area (Å²) in [5.74, 6) is -3.91. The van der Waals surface area contributed by atoms with Gasteiger partial charge in [-0.05, 0) is 37.0 Å². The molecule has 0 bridgehead atoms. The molecule has 5 amide bonds. The molecule has 1 aromatic rings. The number of halogens is 1. The third-order valence-corrected chi connectivity index (χ3v) is 10.0. The van der Waals surface area contributed by atoms with Crippen LogP contribution < -0.4 is 15.4 Å². The van der Waals surface area contributed by atoms with Crippen molar-refractivity contribution in [3.63, 3.8) is 0 Å². The molecule has 4 atom stereocenters. The first-order chi connectivity index (χ1) is 20.4. The molecule has 15 heteroatoms. The Balaban J connectivity index is 1.29. The second-order valence-electron chi connectivity index (χ2n) is 11.1. The van der Waals surface area contributed by atoms with Gasteiger partial charge in [-0.2, -0.15) is 0 Å². The predicted octanol–water partition coefficient (Wildman–Crippen LogP) is 0.219. The zero-order valence-corrected chi connectivity index (χ0v) is 24.0. The number of sulfonamides is 1. The minimum absolute atomic E-state index is 0.00194. The van der Waals surface area contributed by atoms with E-state index in [9.17, 15) is 36.8 Å². The molecule has 2 heterocycles. The third kappa shape index (κ3) is 6.12. The highest BCUT2D eigenvalue weighted by Gasteiger charge is 2.62. The molecule has 1 aromatic carbocycles. The zero-order chi connectivity index (χ0) is 31.1. The van der Waals surface area contributed by atoms with E-state index in [-0.39, 0.29) is 32.5 Å². The van der Waals surface area contributed by atoms with Gasteiger partial charge in [0.05, 0.1) is 24.9 Å². The quantitative estimate of drug-likeness (QED) is 0.247. The lowest BCUT2D eigenvalue weighted by Gasteiger charge is -2.26. The van der Waals surface area contributed by atoms with Gasteiger partial charge in [0.15, 0.2) is 0 Å². The lowest BCUT2D eigenvalue weighted by atomic mass is 10.1. The van der Waals surface area contributed by atoms with Crippen LogP contribution >= 0.6 is 0 Å². The molecule has 43 heavy (non-hydrogen) atoms. The molecule has 0 unspecified atom stereocenters. The SMILES string of the molecule is C=CC(=O)NCC(=O)N1C[C@H](OC(=O)N2Cc3cccc(F)c3C2)C[C@H]1C(=O)N[C@]1(C(=O)NS(=O)(=O)C2CC2)C[C@H]1C=C. The standard InChI is InChI=1S/C28H32FN5O8S/c1-3-17-11-28(17,26(38)32-43(40,41)19-8-9-19)31-25(37)22-10-18(14-34(22)24(36)12-30-23(35)4-2)42-27(39)33-13-16-6-5-7-21(29)20(16)15-33/h3-7,17-19,22H,1-2,8-15H2,(H,30,35)(H,31,37)(H,32,38)/t17-,18-,22+,28-/m1/s1. The highest BCUT2D eigenvalue weighted by Crippen LogP contribution is 2.45. The van der Waals surface area contributed by atoms with Crippen molar-refractivity contribution >= 4 is 39.7 Å². The number of nitrogens with one attached hydrogen (secondary N) is 3. The first-order valence-electron chi connectivity index (χ1n) is 13.8. The van der Waals surface area contributed by atoms with Gasteiger partial charge in [-0.3, -0.25) is 28.8 Å². The molecule has 2 aliphatic carbocycles. The maximum absolute atomic E-state index is 14.2. The Hall–Kier alpha value is -4.27. The Morgan fingerprint density at radius 1 is 1.14 bits per heavy atom. The van der Waals surface area contributed by atoms with Crippen molar-refractivity contribution in [2.75, 3.05) is 13.1 Å². The number of benzene rings is 1. The Morgan fingerprint density at radius 3 is 2.51 bits per heavy atom.